The van der Waals surface area contributed by atoms with Crippen LogP contribution in [0.25, 0.3) is 0 Å². The standard InChI is InChI=1S/C10H17N3O4/c1-16-6-7-17-5-4-13-8-9(11-12-13)2-3-10(14)15/h8H,2-7H2,1H3,(H,14,15). The Balaban J connectivity index is 2.19. The monoisotopic (exact) mass is 243 g/mol. The van der Waals surface area contributed by atoms with Gasteiger partial charge in [0.25, 0.3) is 0 Å². The van der Waals surface area contributed by atoms with E-state index in [-0.39, 0.29) is 6.42 Å². The lowest BCUT2D eigenvalue weighted by molar-refractivity contribution is -0.136. The van der Waals surface area contributed by atoms with Crippen molar-refractivity contribution in [3.8, 4) is 0 Å². The van der Waals surface area contributed by atoms with Gasteiger partial charge in [-0.3, -0.25) is 4.79 Å². The summed E-state index contributed by atoms with van der Waals surface area (Å²) in [5.41, 5.74) is 0.685. The number of aliphatic carboxylic acids is 1. The first kappa shape index (κ1) is 13.6. The molecule has 1 rings (SSSR count). The van der Waals surface area contributed by atoms with Crippen LogP contribution in [0.3, 0.4) is 0 Å². The van der Waals surface area contributed by atoms with E-state index < -0.39 is 5.97 Å². The fourth-order valence-corrected chi connectivity index (χ4v) is 1.20. The van der Waals surface area contributed by atoms with E-state index in [0.29, 0.717) is 38.5 Å². The summed E-state index contributed by atoms with van der Waals surface area (Å²) in [7, 11) is 1.62. The number of ether oxygens (including phenoxy) is 2. The molecule has 7 heteroatoms. The molecule has 0 unspecified atom stereocenters. The van der Waals surface area contributed by atoms with Gasteiger partial charge in [-0.05, 0) is 0 Å². The highest BCUT2D eigenvalue weighted by atomic mass is 16.5. The molecule has 0 bridgehead atoms. The molecule has 7 nitrogen and oxygen atoms in total. The maximum atomic E-state index is 10.4. The molecule has 0 aliphatic heterocycles. The molecule has 1 heterocycles. The highest BCUT2D eigenvalue weighted by Gasteiger charge is 2.03. The normalized spacial score (nSPS) is 10.6. The number of rotatable bonds is 9. The van der Waals surface area contributed by atoms with Gasteiger partial charge in [-0.25, -0.2) is 4.68 Å². The van der Waals surface area contributed by atoms with Crippen molar-refractivity contribution in [2.75, 3.05) is 26.9 Å². The molecular formula is C10H17N3O4. The molecule has 0 saturated carbocycles. The zero-order valence-corrected chi connectivity index (χ0v) is 9.83. The Kier molecular flexibility index (Phi) is 6.19. The van der Waals surface area contributed by atoms with Crippen LogP contribution in [-0.4, -0.2) is 53.0 Å². The minimum Gasteiger partial charge on any atom is -0.481 e. The Morgan fingerprint density at radius 3 is 3.00 bits per heavy atom. The number of aromatic nitrogens is 3. The lowest BCUT2D eigenvalue weighted by Crippen LogP contribution is -2.09. The summed E-state index contributed by atoms with van der Waals surface area (Å²) in [6, 6.07) is 0. The Morgan fingerprint density at radius 1 is 1.47 bits per heavy atom. The zero-order valence-electron chi connectivity index (χ0n) is 9.83. The van der Waals surface area contributed by atoms with Gasteiger partial charge in [0.2, 0.25) is 0 Å². The lowest BCUT2D eigenvalue weighted by Gasteiger charge is -2.02. The van der Waals surface area contributed by atoms with Crippen molar-refractivity contribution in [1.82, 2.24) is 15.0 Å². The number of hydrogen-bond acceptors (Lipinski definition) is 5. The predicted octanol–water partition coefficient (Wildman–Crippen LogP) is -0.0417. The smallest absolute Gasteiger partial charge is 0.303 e. The lowest BCUT2D eigenvalue weighted by atomic mass is 10.2. The van der Waals surface area contributed by atoms with Crippen LogP contribution in [0.1, 0.15) is 12.1 Å². The van der Waals surface area contributed by atoms with Gasteiger partial charge in [0.05, 0.1) is 38.5 Å². The number of carbonyl (C=O) groups is 1. The first-order valence-corrected chi connectivity index (χ1v) is 5.40. The summed E-state index contributed by atoms with van der Waals surface area (Å²) in [5, 5.41) is 16.3. The Hall–Kier alpha value is -1.47. The van der Waals surface area contributed by atoms with Gasteiger partial charge < -0.3 is 14.6 Å². The zero-order chi connectivity index (χ0) is 12.5. The van der Waals surface area contributed by atoms with Gasteiger partial charge in [0.1, 0.15) is 0 Å². The van der Waals surface area contributed by atoms with Gasteiger partial charge in [-0.15, -0.1) is 5.10 Å². The maximum absolute atomic E-state index is 10.4. The SMILES string of the molecule is COCCOCCn1cc(CCC(=O)O)nn1. The van der Waals surface area contributed by atoms with Crippen molar-refractivity contribution in [1.29, 1.82) is 0 Å². The van der Waals surface area contributed by atoms with Crippen LogP contribution < -0.4 is 0 Å². The van der Waals surface area contributed by atoms with Crippen LogP contribution in [0.2, 0.25) is 0 Å². The summed E-state index contributed by atoms with van der Waals surface area (Å²) < 4.78 is 11.8. The molecule has 0 aliphatic rings. The van der Waals surface area contributed by atoms with E-state index in [1.165, 1.54) is 0 Å². The van der Waals surface area contributed by atoms with Crippen LogP contribution in [-0.2, 0) is 27.2 Å². The van der Waals surface area contributed by atoms with Gasteiger partial charge in [0.15, 0.2) is 0 Å². The molecule has 1 aromatic rings. The van der Waals surface area contributed by atoms with Crippen molar-refractivity contribution in [3.05, 3.63) is 11.9 Å². The van der Waals surface area contributed by atoms with E-state index in [1.807, 2.05) is 0 Å². The number of aryl methyl sites for hydroxylation is 1. The van der Waals surface area contributed by atoms with E-state index in [4.69, 9.17) is 14.6 Å². The molecule has 0 fully saturated rings. The van der Waals surface area contributed by atoms with Crippen molar-refractivity contribution in [3.63, 3.8) is 0 Å². The largest absolute Gasteiger partial charge is 0.481 e. The van der Waals surface area contributed by atoms with E-state index in [2.05, 4.69) is 10.3 Å². The van der Waals surface area contributed by atoms with Crippen LogP contribution in [0.5, 0.6) is 0 Å². The molecule has 96 valence electrons. The summed E-state index contributed by atoms with van der Waals surface area (Å²) in [6.07, 6.45) is 2.21. The third-order valence-corrected chi connectivity index (χ3v) is 2.08. The molecule has 0 aliphatic carbocycles. The average Bonchev–Trinajstić information content (AvgIpc) is 2.74. The minimum absolute atomic E-state index is 0.0725. The van der Waals surface area contributed by atoms with Gasteiger partial charge in [-0.1, -0.05) is 5.21 Å². The first-order valence-electron chi connectivity index (χ1n) is 5.40. The molecule has 0 saturated heterocycles. The van der Waals surface area contributed by atoms with Gasteiger partial charge >= 0.3 is 5.97 Å². The van der Waals surface area contributed by atoms with Crippen molar-refractivity contribution < 1.29 is 19.4 Å². The molecule has 0 radical (unpaired) electrons. The van der Waals surface area contributed by atoms with E-state index in [9.17, 15) is 4.79 Å². The number of nitrogens with zero attached hydrogens (tertiary/aromatic N) is 3. The second-order valence-corrected chi connectivity index (χ2v) is 3.47. The quantitative estimate of drug-likeness (QED) is 0.612. The third kappa shape index (κ3) is 5.98. The predicted molar refractivity (Wildman–Crippen MR) is 58.7 cm³/mol. The summed E-state index contributed by atoms with van der Waals surface area (Å²) in [5.74, 6) is -0.831. The average molecular weight is 243 g/mol. The van der Waals surface area contributed by atoms with E-state index in [1.54, 1.807) is 18.0 Å². The van der Waals surface area contributed by atoms with Gasteiger partial charge in [-0.2, -0.15) is 0 Å². The molecule has 1 aromatic heterocycles. The second-order valence-electron chi connectivity index (χ2n) is 3.47. The van der Waals surface area contributed by atoms with Crippen molar-refractivity contribution in [2.24, 2.45) is 0 Å². The molecule has 0 amide bonds. The molecule has 17 heavy (non-hydrogen) atoms. The van der Waals surface area contributed by atoms with Crippen LogP contribution >= 0.6 is 0 Å². The Morgan fingerprint density at radius 2 is 2.29 bits per heavy atom. The minimum atomic E-state index is -0.831. The van der Waals surface area contributed by atoms with Crippen LogP contribution in [0.4, 0.5) is 0 Å². The fourth-order valence-electron chi connectivity index (χ4n) is 1.20. The second kappa shape index (κ2) is 7.75. The third-order valence-electron chi connectivity index (χ3n) is 2.08. The summed E-state index contributed by atoms with van der Waals surface area (Å²) in [6.45, 7) is 2.26. The maximum Gasteiger partial charge on any atom is 0.303 e. The number of hydrogen-bond donors (Lipinski definition) is 1. The van der Waals surface area contributed by atoms with Gasteiger partial charge in [0, 0.05) is 19.7 Å². The fraction of sp³-hybridized carbons (Fsp3) is 0.700. The van der Waals surface area contributed by atoms with Crippen LogP contribution in [0, 0.1) is 0 Å². The molecule has 0 spiro atoms. The number of methoxy groups -OCH3 is 1. The highest BCUT2D eigenvalue weighted by molar-refractivity contribution is 5.66. The summed E-state index contributed by atoms with van der Waals surface area (Å²) in [4.78, 5) is 10.4. The highest BCUT2D eigenvalue weighted by Crippen LogP contribution is 1.98. The summed E-state index contributed by atoms with van der Waals surface area (Å²) >= 11 is 0. The Bertz CT molecular complexity index is 340. The first-order chi connectivity index (χ1) is 8.22. The molecule has 0 aromatic carbocycles. The van der Waals surface area contributed by atoms with E-state index in [0.717, 1.165) is 0 Å². The van der Waals surface area contributed by atoms with Crippen molar-refractivity contribution in [2.45, 2.75) is 19.4 Å². The number of carboxylic acid groups (broad SMARTS) is 1. The molecule has 0 atom stereocenters. The molecular weight excluding hydrogens is 226 g/mol. The Labute approximate surface area is 99.3 Å². The van der Waals surface area contributed by atoms with Crippen molar-refractivity contribution >= 4 is 5.97 Å². The molecule has 1 N–H and O–H groups in total. The topological polar surface area (TPSA) is 86.5 Å². The number of carboxylic acids is 1. The van der Waals surface area contributed by atoms with Crippen LogP contribution in [0.15, 0.2) is 6.20 Å². The van der Waals surface area contributed by atoms with E-state index >= 15 is 0 Å².